The molecular formula is C19H31NO4Si. The van der Waals surface area contributed by atoms with Gasteiger partial charge in [-0.15, -0.1) is 0 Å². The molecule has 0 saturated heterocycles. The zero-order valence-electron chi connectivity index (χ0n) is 15.8. The minimum absolute atomic E-state index is 0.179. The number of hydrogen-bond donors (Lipinski definition) is 1. The van der Waals surface area contributed by atoms with Gasteiger partial charge in [0.25, 0.3) is 0 Å². The first-order chi connectivity index (χ1) is 12.0. The van der Waals surface area contributed by atoms with Crippen LogP contribution in [0.5, 0.6) is 0 Å². The summed E-state index contributed by atoms with van der Waals surface area (Å²) in [5.41, 5.74) is 0.904. The lowest BCUT2D eigenvalue weighted by atomic mass is 10.2. The SMILES string of the molecule is CC[Si](CC)(CC)CC[C@H](NC(=O)OCc1ccccc1)C(=O)OC. The Hall–Kier alpha value is -1.82. The fourth-order valence-electron chi connectivity index (χ4n) is 3.03. The molecule has 0 aliphatic heterocycles. The molecule has 0 saturated carbocycles. The summed E-state index contributed by atoms with van der Waals surface area (Å²) in [5, 5.41) is 2.67. The maximum atomic E-state index is 12.1. The maximum absolute atomic E-state index is 12.1. The van der Waals surface area contributed by atoms with Crippen LogP contribution in [0.2, 0.25) is 24.2 Å². The van der Waals surface area contributed by atoms with Gasteiger partial charge in [-0.05, 0) is 12.0 Å². The van der Waals surface area contributed by atoms with Crippen molar-refractivity contribution < 1.29 is 19.1 Å². The van der Waals surface area contributed by atoms with Gasteiger partial charge in [-0.25, -0.2) is 9.59 Å². The van der Waals surface area contributed by atoms with Crippen LogP contribution in [0.25, 0.3) is 0 Å². The van der Waals surface area contributed by atoms with E-state index in [0.29, 0.717) is 6.42 Å². The van der Waals surface area contributed by atoms with Crippen molar-refractivity contribution in [1.82, 2.24) is 5.32 Å². The van der Waals surface area contributed by atoms with E-state index in [4.69, 9.17) is 9.47 Å². The van der Waals surface area contributed by atoms with Gasteiger partial charge in [0.05, 0.1) is 15.2 Å². The molecule has 0 bridgehead atoms. The van der Waals surface area contributed by atoms with Gasteiger partial charge in [0.15, 0.2) is 0 Å². The molecule has 0 aliphatic carbocycles. The van der Waals surface area contributed by atoms with Gasteiger partial charge in [0.2, 0.25) is 0 Å². The number of hydrogen-bond acceptors (Lipinski definition) is 4. The van der Waals surface area contributed by atoms with Gasteiger partial charge in [-0.2, -0.15) is 0 Å². The van der Waals surface area contributed by atoms with Gasteiger partial charge >= 0.3 is 12.1 Å². The molecule has 0 spiro atoms. The summed E-state index contributed by atoms with van der Waals surface area (Å²) in [6, 6.07) is 13.4. The normalized spacial score (nSPS) is 12.3. The molecule has 140 valence electrons. The van der Waals surface area contributed by atoms with Gasteiger partial charge < -0.3 is 14.8 Å². The van der Waals surface area contributed by atoms with Crippen molar-refractivity contribution in [2.24, 2.45) is 0 Å². The number of esters is 1. The topological polar surface area (TPSA) is 64.6 Å². The van der Waals surface area contributed by atoms with Crippen molar-refractivity contribution in [3.63, 3.8) is 0 Å². The highest BCUT2D eigenvalue weighted by Gasteiger charge is 2.30. The third-order valence-electron chi connectivity index (χ3n) is 5.20. The van der Waals surface area contributed by atoms with Crippen LogP contribution < -0.4 is 5.32 Å². The molecule has 0 fully saturated rings. The van der Waals surface area contributed by atoms with Crippen LogP contribution in [0.3, 0.4) is 0 Å². The van der Waals surface area contributed by atoms with Crippen molar-refractivity contribution in [2.45, 2.75) is 64.0 Å². The Bertz CT molecular complexity index is 523. The fraction of sp³-hybridized carbons (Fsp3) is 0.579. The molecule has 6 heteroatoms. The van der Waals surface area contributed by atoms with Crippen molar-refractivity contribution in [3.8, 4) is 0 Å². The Morgan fingerprint density at radius 2 is 1.68 bits per heavy atom. The molecular weight excluding hydrogens is 334 g/mol. The number of carbonyl (C=O) groups excluding carboxylic acids is 2. The quantitative estimate of drug-likeness (QED) is 0.494. The standard InChI is InChI=1S/C19H31NO4Si/c1-5-25(6-2,7-3)14-13-17(18(21)23-4)20-19(22)24-15-16-11-9-8-10-12-16/h8-12,17H,5-7,13-15H2,1-4H3,(H,20,22)/t17-/m0/s1. The van der Waals surface area contributed by atoms with E-state index >= 15 is 0 Å². The summed E-state index contributed by atoms with van der Waals surface area (Å²) < 4.78 is 10.1. The van der Waals surface area contributed by atoms with E-state index in [9.17, 15) is 9.59 Å². The van der Waals surface area contributed by atoms with E-state index in [2.05, 4.69) is 26.1 Å². The molecule has 1 atom stereocenters. The average Bonchev–Trinajstić information content (AvgIpc) is 2.67. The monoisotopic (exact) mass is 365 g/mol. The van der Waals surface area contributed by atoms with Gasteiger partial charge in [0, 0.05) is 0 Å². The molecule has 1 amide bonds. The predicted octanol–water partition coefficient (Wildman–Crippen LogP) is 4.35. The zero-order valence-corrected chi connectivity index (χ0v) is 16.8. The summed E-state index contributed by atoms with van der Waals surface area (Å²) in [4.78, 5) is 24.1. The number of methoxy groups -OCH3 is 1. The smallest absolute Gasteiger partial charge is 0.408 e. The minimum Gasteiger partial charge on any atom is -0.467 e. The van der Waals surface area contributed by atoms with Crippen LogP contribution >= 0.6 is 0 Å². The Kier molecular flexibility index (Phi) is 9.27. The fourth-order valence-corrected chi connectivity index (χ4v) is 6.49. The van der Waals surface area contributed by atoms with Crippen molar-refractivity contribution in [1.29, 1.82) is 0 Å². The predicted molar refractivity (Wildman–Crippen MR) is 102 cm³/mol. The molecule has 1 rings (SSSR count). The van der Waals surface area contributed by atoms with E-state index in [1.165, 1.54) is 25.2 Å². The first-order valence-corrected chi connectivity index (χ1v) is 11.9. The van der Waals surface area contributed by atoms with Gasteiger partial charge in [-0.3, -0.25) is 0 Å². The molecule has 1 N–H and O–H groups in total. The number of alkyl carbamates (subject to hydrolysis) is 1. The average molecular weight is 366 g/mol. The number of carbonyl (C=O) groups is 2. The minimum atomic E-state index is -1.36. The Labute approximate surface area is 152 Å². The maximum Gasteiger partial charge on any atom is 0.408 e. The lowest BCUT2D eigenvalue weighted by Gasteiger charge is -2.29. The molecule has 1 aromatic rings. The van der Waals surface area contributed by atoms with E-state index in [1.807, 2.05) is 30.3 Å². The van der Waals surface area contributed by atoms with Crippen LogP contribution in [-0.4, -0.2) is 33.3 Å². The second-order valence-corrected chi connectivity index (χ2v) is 12.0. The first-order valence-electron chi connectivity index (χ1n) is 9.05. The number of amides is 1. The van der Waals surface area contributed by atoms with Crippen LogP contribution in [-0.2, 0) is 20.9 Å². The number of rotatable bonds is 10. The Balaban J connectivity index is 2.60. The van der Waals surface area contributed by atoms with Crippen molar-refractivity contribution in [3.05, 3.63) is 35.9 Å². The summed E-state index contributed by atoms with van der Waals surface area (Å²) in [5.74, 6) is -0.414. The lowest BCUT2D eigenvalue weighted by Crippen LogP contribution is -2.43. The summed E-state index contributed by atoms with van der Waals surface area (Å²) >= 11 is 0. The molecule has 5 nitrogen and oxygen atoms in total. The second-order valence-electron chi connectivity index (χ2n) is 6.38. The van der Waals surface area contributed by atoms with Crippen LogP contribution in [0, 0.1) is 0 Å². The third kappa shape index (κ3) is 6.90. The zero-order chi connectivity index (χ0) is 18.7. The van der Waals surface area contributed by atoms with E-state index < -0.39 is 26.2 Å². The lowest BCUT2D eigenvalue weighted by molar-refractivity contribution is -0.143. The third-order valence-corrected chi connectivity index (χ3v) is 11.1. The largest absolute Gasteiger partial charge is 0.467 e. The molecule has 1 aromatic carbocycles. The molecule has 0 heterocycles. The summed E-state index contributed by atoms with van der Waals surface area (Å²) in [7, 11) is -0.0172. The van der Waals surface area contributed by atoms with Gasteiger partial charge in [-0.1, -0.05) is 75.3 Å². The molecule has 0 unspecified atom stereocenters. The molecule has 25 heavy (non-hydrogen) atoms. The highest BCUT2D eigenvalue weighted by molar-refractivity contribution is 6.79. The highest BCUT2D eigenvalue weighted by Crippen LogP contribution is 2.27. The molecule has 0 aliphatic rings. The number of nitrogens with one attached hydrogen (secondary N) is 1. The number of ether oxygens (including phenoxy) is 2. The summed E-state index contributed by atoms with van der Waals surface area (Å²) in [6.45, 7) is 6.87. The van der Waals surface area contributed by atoms with Gasteiger partial charge in [0.1, 0.15) is 12.6 Å². The van der Waals surface area contributed by atoms with E-state index in [0.717, 1.165) is 11.6 Å². The highest BCUT2D eigenvalue weighted by atomic mass is 28.3. The van der Waals surface area contributed by atoms with Crippen LogP contribution in [0.15, 0.2) is 30.3 Å². The molecule has 0 aromatic heterocycles. The Morgan fingerprint density at radius 3 is 2.20 bits per heavy atom. The van der Waals surface area contributed by atoms with Crippen LogP contribution in [0.4, 0.5) is 4.79 Å². The summed E-state index contributed by atoms with van der Waals surface area (Å²) in [6.07, 6.45) is 0.0190. The first kappa shape index (κ1) is 21.2. The van der Waals surface area contributed by atoms with Crippen LogP contribution in [0.1, 0.15) is 32.8 Å². The van der Waals surface area contributed by atoms with Crippen molar-refractivity contribution >= 4 is 20.1 Å². The van der Waals surface area contributed by atoms with E-state index in [-0.39, 0.29) is 6.61 Å². The number of benzene rings is 1. The Morgan fingerprint density at radius 1 is 1.08 bits per heavy atom. The van der Waals surface area contributed by atoms with E-state index in [1.54, 1.807) is 0 Å². The molecule has 0 radical (unpaired) electrons. The van der Waals surface area contributed by atoms with Crippen molar-refractivity contribution in [2.75, 3.05) is 7.11 Å². The second kappa shape index (κ2) is 10.9.